The van der Waals surface area contributed by atoms with Crippen LogP contribution in [0.3, 0.4) is 0 Å². The van der Waals surface area contributed by atoms with E-state index in [4.69, 9.17) is 9.84 Å². The summed E-state index contributed by atoms with van der Waals surface area (Å²) in [5, 5.41) is 9.09. The van der Waals surface area contributed by atoms with Crippen LogP contribution in [0.5, 0.6) is 5.75 Å². The second kappa shape index (κ2) is 6.61. The monoisotopic (exact) mass is 291 g/mol. The first kappa shape index (κ1) is 15.4. The van der Waals surface area contributed by atoms with Crippen LogP contribution in [0.2, 0.25) is 0 Å². The lowest BCUT2D eigenvalue weighted by Crippen LogP contribution is -2.46. The molecule has 0 saturated heterocycles. The zero-order valence-corrected chi connectivity index (χ0v) is 12.4. The summed E-state index contributed by atoms with van der Waals surface area (Å²) >= 11 is 0. The molecule has 2 rings (SSSR count). The third-order valence-corrected chi connectivity index (χ3v) is 3.70. The number of nitrogens with zero attached hydrogens (tertiary/aromatic N) is 1. The number of carboxylic acids is 1. The van der Waals surface area contributed by atoms with Crippen molar-refractivity contribution in [2.45, 2.75) is 45.2 Å². The van der Waals surface area contributed by atoms with Gasteiger partial charge in [-0.25, -0.2) is 4.79 Å². The van der Waals surface area contributed by atoms with Crippen LogP contribution in [0.15, 0.2) is 24.3 Å². The fraction of sp³-hybridized carbons (Fsp3) is 0.500. The number of hydrogen-bond donors (Lipinski definition) is 1. The average molecular weight is 291 g/mol. The van der Waals surface area contributed by atoms with E-state index in [1.54, 1.807) is 0 Å². The van der Waals surface area contributed by atoms with Crippen molar-refractivity contribution in [1.29, 1.82) is 0 Å². The molecule has 1 atom stereocenters. The molecular formula is C16H21NO4. The Morgan fingerprint density at radius 3 is 2.43 bits per heavy atom. The van der Waals surface area contributed by atoms with Gasteiger partial charge < -0.3 is 14.7 Å². The van der Waals surface area contributed by atoms with Crippen LogP contribution >= 0.6 is 0 Å². The normalized spacial score (nSPS) is 15.3. The van der Waals surface area contributed by atoms with Gasteiger partial charge in [-0.15, -0.1) is 0 Å². The summed E-state index contributed by atoms with van der Waals surface area (Å²) in [4.78, 5) is 24.7. The van der Waals surface area contributed by atoms with E-state index in [1.807, 2.05) is 24.3 Å². The Morgan fingerprint density at radius 1 is 1.33 bits per heavy atom. The number of benzene rings is 1. The Bertz CT molecular complexity index is 508. The molecule has 0 aliphatic heterocycles. The highest BCUT2D eigenvalue weighted by molar-refractivity contribution is 5.84. The standard InChI is InChI=1S/C16H21NO4/c1-3-12-4-8-14(9-5-12)21-10-15(18)17(13-6-7-13)11(2)16(19)20/h4-5,8-9,11,13H,3,6-7,10H2,1-2H3,(H,19,20). The third-order valence-electron chi connectivity index (χ3n) is 3.70. The van der Waals surface area contributed by atoms with Gasteiger partial charge in [-0.3, -0.25) is 4.79 Å². The van der Waals surface area contributed by atoms with E-state index in [0.717, 1.165) is 19.3 Å². The first-order valence-electron chi connectivity index (χ1n) is 7.28. The number of ether oxygens (including phenoxy) is 1. The van der Waals surface area contributed by atoms with E-state index in [0.29, 0.717) is 5.75 Å². The summed E-state index contributed by atoms with van der Waals surface area (Å²) in [6.45, 7) is 3.48. The number of aliphatic carboxylic acids is 1. The van der Waals surface area contributed by atoms with Gasteiger partial charge in [0, 0.05) is 6.04 Å². The van der Waals surface area contributed by atoms with Gasteiger partial charge in [0.25, 0.3) is 5.91 Å². The molecule has 0 spiro atoms. The Balaban J connectivity index is 1.93. The Labute approximate surface area is 124 Å². The average Bonchev–Trinajstić information content (AvgIpc) is 3.30. The lowest BCUT2D eigenvalue weighted by atomic mass is 10.2. The van der Waals surface area contributed by atoms with Gasteiger partial charge in [-0.1, -0.05) is 19.1 Å². The second-order valence-electron chi connectivity index (χ2n) is 5.33. The molecule has 0 bridgehead atoms. The van der Waals surface area contributed by atoms with Gasteiger partial charge in [0.2, 0.25) is 0 Å². The molecule has 1 unspecified atom stereocenters. The minimum absolute atomic E-state index is 0.0506. The van der Waals surface area contributed by atoms with Gasteiger partial charge in [-0.05, 0) is 43.9 Å². The van der Waals surface area contributed by atoms with Gasteiger partial charge in [-0.2, -0.15) is 0 Å². The number of hydrogen-bond acceptors (Lipinski definition) is 3. The first-order chi connectivity index (χ1) is 10.0. The SMILES string of the molecule is CCc1ccc(OCC(=O)N(C2CC2)C(C)C(=O)O)cc1. The maximum absolute atomic E-state index is 12.2. The van der Waals surface area contributed by atoms with Crippen molar-refractivity contribution in [3.63, 3.8) is 0 Å². The number of carbonyl (C=O) groups is 2. The van der Waals surface area contributed by atoms with Crippen molar-refractivity contribution in [2.24, 2.45) is 0 Å². The Kier molecular flexibility index (Phi) is 4.83. The molecule has 1 N–H and O–H groups in total. The number of carboxylic acid groups (broad SMARTS) is 1. The fourth-order valence-electron chi connectivity index (χ4n) is 2.25. The van der Waals surface area contributed by atoms with Crippen LogP contribution in [-0.2, 0) is 16.0 Å². The van der Waals surface area contributed by atoms with E-state index < -0.39 is 12.0 Å². The Morgan fingerprint density at radius 2 is 1.95 bits per heavy atom. The fourth-order valence-corrected chi connectivity index (χ4v) is 2.25. The minimum atomic E-state index is -0.984. The van der Waals surface area contributed by atoms with Crippen LogP contribution in [-0.4, -0.2) is 40.6 Å². The maximum Gasteiger partial charge on any atom is 0.326 e. The molecule has 1 aliphatic rings. The van der Waals surface area contributed by atoms with Crippen LogP contribution in [0.25, 0.3) is 0 Å². The molecule has 1 saturated carbocycles. The molecular weight excluding hydrogens is 270 g/mol. The first-order valence-corrected chi connectivity index (χ1v) is 7.28. The molecule has 1 aromatic carbocycles. The number of amides is 1. The number of aryl methyl sites for hydroxylation is 1. The third kappa shape index (κ3) is 3.97. The van der Waals surface area contributed by atoms with Crippen LogP contribution in [0.1, 0.15) is 32.3 Å². The predicted molar refractivity (Wildman–Crippen MR) is 78.3 cm³/mol. The van der Waals surface area contributed by atoms with Crippen molar-refractivity contribution in [2.75, 3.05) is 6.61 Å². The highest BCUT2D eigenvalue weighted by atomic mass is 16.5. The van der Waals surface area contributed by atoms with Crippen LogP contribution < -0.4 is 4.74 Å². The molecule has 1 aromatic rings. The number of carbonyl (C=O) groups excluding carboxylic acids is 1. The molecule has 1 aliphatic carbocycles. The lowest BCUT2D eigenvalue weighted by Gasteiger charge is -2.26. The lowest BCUT2D eigenvalue weighted by molar-refractivity contribution is -0.150. The van der Waals surface area contributed by atoms with Crippen molar-refractivity contribution in [3.05, 3.63) is 29.8 Å². The molecule has 114 valence electrons. The predicted octanol–water partition coefficient (Wildman–Crippen LogP) is 2.09. The molecule has 21 heavy (non-hydrogen) atoms. The zero-order chi connectivity index (χ0) is 15.4. The molecule has 0 radical (unpaired) electrons. The van der Waals surface area contributed by atoms with Gasteiger partial charge >= 0.3 is 5.97 Å². The minimum Gasteiger partial charge on any atom is -0.484 e. The summed E-state index contributed by atoms with van der Waals surface area (Å²) in [5.74, 6) is -0.631. The van der Waals surface area contributed by atoms with Gasteiger partial charge in [0.1, 0.15) is 11.8 Å². The van der Waals surface area contributed by atoms with Crippen LogP contribution in [0, 0.1) is 0 Å². The van der Waals surface area contributed by atoms with Crippen molar-refractivity contribution in [3.8, 4) is 5.75 Å². The summed E-state index contributed by atoms with van der Waals surface area (Å²) in [6, 6.07) is 6.81. The van der Waals surface area contributed by atoms with E-state index in [-0.39, 0.29) is 18.6 Å². The van der Waals surface area contributed by atoms with Crippen LogP contribution in [0.4, 0.5) is 0 Å². The van der Waals surface area contributed by atoms with Crippen molar-refractivity contribution < 1.29 is 19.4 Å². The molecule has 0 heterocycles. The second-order valence-corrected chi connectivity index (χ2v) is 5.33. The van der Waals surface area contributed by atoms with E-state index in [2.05, 4.69) is 6.92 Å². The summed E-state index contributed by atoms with van der Waals surface area (Å²) in [6.07, 6.45) is 2.69. The van der Waals surface area contributed by atoms with Gasteiger partial charge in [0.05, 0.1) is 0 Å². The summed E-state index contributed by atoms with van der Waals surface area (Å²) < 4.78 is 5.47. The van der Waals surface area contributed by atoms with Crippen molar-refractivity contribution in [1.82, 2.24) is 4.90 Å². The van der Waals surface area contributed by atoms with E-state index in [9.17, 15) is 9.59 Å². The molecule has 5 heteroatoms. The van der Waals surface area contributed by atoms with E-state index >= 15 is 0 Å². The Hall–Kier alpha value is -2.04. The topological polar surface area (TPSA) is 66.8 Å². The molecule has 5 nitrogen and oxygen atoms in total. The zero-order valence-electron chi connectivity index (χ0n) is 12.4. The van der Waals surface area contributed by atoms with Gasteiger partial charge in [0.15, 0.2) is 6.61 Å². The smallest absolute Gasteiger partial charge is 0.326 e. The van der Waals surface area contributed by atoms with Crippen molar-refractivity contribution >= 4 is 11.9 Å². The molecule has 0 aromatic heterocycles. The quantitative estimate of drug-likeness (QED) is 0.835. The van der Waals surface area contributed by atoms with E-state index in [1.165, 1.54) is 17.4 Å². The number of rotatable bonds is 7. The largest absolute Gasteiger partial charge is 0.484 e. The summed E-state index contributed by atoms with van der Waals surface area (Å²) in [5.41, 5.74) is 1.20. The highest BCUT2D eigenvalue weighted by Gasteiger charge is 2.38. The summed E-state index contributed by atoms with van der Waals surface area (Å²) in [7, 11) is 0. The highest BCUT2D eigenvalue weighted by Crippen LogP contribution is 2.29. The molecule has 1 fully saturated rings. The molecule has 1 amide bonds. The maximum atomic E-state index is 12.2.